The molecule has 0 amide bonds. The van der Waals surface area contributed by atoms with Gasteiger partial charge in [0.2, 0.25) is 6.79 Å². The lowest BCUT2D eigenvalue weighted by Crippen LogP contribution is -2.12. The van der Waals surface area contributed by atoms with Gasteiger partial charge in [0.25, 0.3) is 0 Å². The maximum atomic E-state index is 11.3. The van der Waals surface area contributed by atoms with Gasteiger partial charge in [-0.05, 0) is 12.1 Å². The standard InChI is InChI=1S/C11H12O4S/c1-3-9-4-5-10(16-9)6-11(13)15-7-14-8(2)12/h3-5H,1,6-7H2,2H3. The van der Waals surface area contributed by atoms with Crippen molar-refractivity contribution in [3.63, 3.8) is 0 Å². The second-order valence-corrected chi connectivity index (χ2v) is 4.16. The minimum absolute atomic E-state index is 0.180. The van der Waals surface area contributed by atoms with Gasteiger partial charge in [0.1, 0.15) is 0 Å². The van der Waals surface area contributed by atoms with Crippen LogP contribution in [0.15, 0.2) is 18.7 Å². The highest BCUT2D eigenvalue weighted by Crippen LogP contribution is 2.18. The molecule has 1 heterocycles. The number of esters is 2. The van der Waals surface area contributed by atoms with Gasteiger partial charge in [-0.25, -0.2) is 0 Å². The van der Waals surface area contributed by atoms with Gasteiger partial charge in [-0.1, -0.05) is 12.7 Å². The van der Waals surface area contributed by atoms with Crippen LogP contribution in [0, 0.1) is 0 Å². The molecule has 1 aromatic rings. The van der Waals surface area contributed by atoms with Crippen LogP contribution < -0.4 is 0 Å². The van der Waals surface area contributed by atoms with Crippen molar-refractivity contribution in [1.82, 2.24) is 0 Å². The Morgan fingerprint density at radius 1 is 1.44 bits per heavy atom. The number of thiophene rings is 1. The normalized spacial score (nSPS) is 9.56. The Morgan fingerprint density at radius 2 is 2.19 bits per heavy atom. The fourth-order valence-electron chi connectivity index (χ4n) is 0.971. The predicted octanol–water partition coefficient (Wildman–Crippen LogP) is 2.00. The summed E-state index contributed by atoms with van der Waals surface area (Å²) in [4.78, 5) is 23.6. The van der Waals surface area contributed by atoms with Gasteiger partial charge in [0.15, 0.2) is 0 Å². The largest absolute Gasteiger partial charge is 0.428 e. The molecule has 0 radical (unpaired) electrons. The number of hydrogen-bond acceptors (Lipinski definition) is 5. The van der Waals surface area contributed by atoms with Gasteiger partial charge >= 0.3 is 11.9 Å². The molecule has 0 N–H and O–H groups in total. The highest BCUT2D eigenvalue weighted by Gasteiger charge is 2.07. The zero-order chi connectivity index (χ0) is 12.0. The quantitative estimate of drug-likeness (QED) is 0.583. The van der Waals surface area contributed by atoms with Crippen molar-refractivity contribution >= 4 is 29.4 Å². The molecule has 0 atom stereocenters. The average Bonchev–Trinajstić information content (AvgIpc) is 2.65. The Morgan fingerprint density at radius 3 is 2.75 bits per heavy atom. The maximum Gasteiger partial charge on any atom is 0.313 e. The average molecular weight is 240 g/mol. The van der Waals surface area contributed by atoms with E-state index in [-0.39, 0.29) is 13.2 Å². The maximum absolute atomic E-state index is 11.3. The molecule has 0 saturated heterocycles. The molecular formula is C11H12O4S. The Kier molecular flexibility index (Phi) is 4.72. The number of hydrogen-bond donors (Lipinski definition) is 0. The third-order valence-electron chi connectivity index (χ3n) is 1.68. The summed E-state index contributed by atoms with van der Waals surface area (Å²) in [6, 6.07) is 3.72. The molecular weight excluding hydrogens is 228 g/mol. The van der Waals surface area contributed by atoms with E-state index in [4.69, 9.17) is 4.74 Å². The lowest BCUT2D eigenvalue weighted by Gasteiger charge is -2.02. The Hall–Kier alpha value is -1.62. The first-order valence-electron chi connectivity index (χ1n) is 4.62. The highest BCUT2D eigenvalue weighted by molar-refractivity contribution is 7.12. The molecule has 1 aromatic heterocycles. The fraction of sp³-hybridized carbons (Fsp3) is 0.273. The Bertz CT molecular complexity index is 394. The van der Waals surface area contributed by atoms with Crippen LogP contribution in [0.2, 0.25) is 0 Å². The summed E-state index contributed by atoms with van der Waals surface area (Å²) in [5.41, 5.74) is 0. The second-order valence-electron chi connectivity index (χ2n) is 2.96. The summed E-state index contributed by atoms with van der Waals surface area (Å²) in [6.07, 6.45) is 1.90. The van der Waals surface area contributed by atoms with E-state index < -0.39 is 11.9 Å². The van der Waals surface area contributed by atoms with Crippen molar-refractivity contribution in [3.05, 3.63) is 28.5 Å². The van der Waals surface area contributed by atoms with Crippen LogP contribution in [0.1, 0.15) is 16.7 Å². The van der Waals surface area contributed by atoms with E-state index in [1.165, 1.54) is 18.3 Å². The molecule has 0 unspecified atom stereocenters. The van der Waals surface area contributed by atoms with Crippen LogP contribution in [-0.4, -0.2) is 18.7 Å². The lowest BCUT2D eigenvalue weighted by atomic mass is 10.3. The molecule has 0 aromatic carbocycles. The molecule has 86 valence electrons. The minimum Gasteiger partial charge on any atom is -0.428 e. The van der Waals surface area contributed by atoms with Crippen LogP contribution in [0.5, 0.6) is 0 Å². The summed E-state index contributed by atoms with van der Waals surface area (Å²) in [5, 5.41) is 0. The van der Waals surface area contributed by atoms with Gasteiger partial charge < -0.3 is 9.47 Å². The fourth-order valence-corrected chi connectivity index (χ4v) is 1.82. The summed E-state index contributed by atoms with van der Waals surface area (Å²) in [5.74, 6) is -0.892. The molecule has 0 aliphatic heterocycles. The van der Waals surface area contributed by atoms with Crippen molar-refractivity contribution < 1.29 is 19.1 Å². The molecule has 0 fully saturated rings. The summed E-state index contributed by atoms with van der Waals surface area (Å²) < 4.78 is 9.18. The first kappa shape index (κ1) is 12.4. The zero-order valence-electron chi connectivity index (χ0n) is 8.89. The van der Waals surface area contributed by atoms with E-state index in [2.05, 4.69) is 11.3 Å². The van der Waals surface area contributed by atoms with Gasteiger partial charge in [0.05, 0.1) is 6.42 Å². The molecule has 0 bridgehead atoms. The van der Waals surface area contributed by atoms with Gasteiger partial charge in [-0.2, -0.15) is 0 Å². The van der Waals surface area contributed by atoms with Crippen LogP contribution in [0.4, 0.5) is 0 Å². The lowest BCUT2D eigenvalue weighted by molar-refractivity contribution is -0.165. The van der Waals surface area contributed by atoms with Crippen molar-refractivity contribution in [3.8, 4) is 0 Å². The number of carbonyl (C=O) groups excluding carboxylic acids is 2. The topological polar surface area (TPSA) is 52.6 Å². The molecule has 1 rings (SSSR count). The van der Waals surface area contributed by atoms with Crippen molar-refractivity contribution in [2.45, 2.75) is 13.3 Å². The van der Waals surface area contributed by atoms with Gasteiger partial charge in [-0.15, -0.1) is 11.3 Å². The monoisotopic (exact) mass is 240 g/mol. The number of ether oxygens (including phenoxy) is 2. The number of rotatable bonds is 5. The third kappa shape index (κ3) is 4.27. The van der Waals surface area contributed by atoms with Crippen LogP contribution in [0.25, 0.3) is 6.08 Å². The van der Waals surface area contributed by atoms with E-state index in [1.807, 2.05) is 12.1 Å². The first-order valence-corrected chi connectivity index (χ1v) is 5.43. The third-order valence-corrected chi connectivity index (χ3v) is 2.77. The second kappa shape index (κ2) is 6.07. The van der Waals surface area contributed by atoms with Gasteiger partial charge in [0, 0.05) is 16.7 Å². The van der Waals surface area contributed by atoms with E-state index >= 15 is 0 Å². The molecule has 0 saturated carbocycles. The van der Waals surface area contributed by atoms with Crippen molar-refractivity contribution in [1.29, 1.82) is 0 Å². The van der Waals surface area contributed by atoms with E-state index in [1.54, 1.807) is 6.08 Å². The molecule has 16 heavy (non-hydrogen) atoms. The van der Waals surface area contributed by atoms with Crippen molar-refractivity contribution in [2.75, 3.05) is 6.79 Å². The van der Waals surface area contributed by atoms with Crippen LogP contribution >= 0.6 is 11.3 Å². The smallest absolute Gasteiger partial charge is 0.313 e. The molecule has 5 heteroatoms. The SMILES string of the molecule is C=Cc1ccc(CC(=O)OCOC(C)=O)s1. The summed E-state index contributed by atoms with van der Waals surface area (Å²) in [7, 11) is 0. The number of carbonyl (C=O) groups is 2. The van der Waals surface area contributed by atoms with Gasteiger partial charge in [-0.3, -0.25) is 9.59 Å². The molecule has 4 nitrogen and oxygen atoms in total. The zero-order valence-corrected chi connectivity index (χ0v) is 9.71. The molecule has 0 spiro atoms. The van der Waals surface area contributed by atoms with Crippen LogP contribution in [-0.2, 0) is 25.5 Å². The highest BCUT2D eigenvalue weighted by atomic mass is 32.1. The summed E-state index contributed by atoms with van der Waals surface area (Å²) in [6.45, 7) is 4.56. The minimum atomic E-state index is -0.474. The van der Waals surface area contributed by atoms with E-state index in [0.29, 0.717) is 0 Å². The predicted molar refractivity (Wildman–Crippen MR) is 60.8 cm³/mol. The van der Waals surface area contributed by atoms with E-state index in [9.17, 15) is 9.59 Å². The Labute approximate surface area is 97.5 Å². The molecule has 0 aliphatic rings. The van der Waals surface area contributed by atoms with E-state index in [0.717, 1.165) is 9.75 Å². The first-order chi connectivity index (χ1) is 7.61. The molecule has 0 aliphatic carbocycles. The Balaban J connectivity index is 2.33. The van der Waals surface area contributed by atoms with Crippen molar-refractivity contribution in [2.24, 2.45) is 0 Å². The van der Waals surface area contributed by atoms with Crippen LogP contribution in [0.3, 0.4) is 0 Å². The summed E-state index contributed by atoms with van der Waals surface area (Å²) >= 11 is 1.47.